The number of benzene rings is 1. The summed E-state index contributed by atoms with van der Waals surface area (Å²) in [6.07, 6.45) is 0.955. The molecular weight excluding hydrogens is 314 g/mol. The first-order chi connectivity index (χ1) is 11.5. The first-order valence-electron chi connectivity index (χ1n) is 8.05. The van der Waals surface area contributed by atoms with Crippen molar-refractivity contribution in [3.63, 3.8) is 0 Å². The topological polar surface area (TPSA) is 53.4 Å². The molecule has 0 atom stereocenters. The number of fused-ring (bicyclic) bond motifs is 1. The summed E-state index contributed by atoms with van der Waals surface area (Å²) in [7, 11) is 0. The highest BCUT2D eigenvalue weighted by molar-refractivity contribution is 5.82. The fourth-order valence-corrected chi connectivity index (χ4v) is 3.43. The van der Waals surface area contributed by atoms with Gasteiger partial charge in [-0.3, -0.25) is 14.7 Å². The number of nitrogens with zero attached hydrogens (tertiary/aromatic N) is 2. The lowest BCUT2D eigenvalue weighted by Gasteiger charge is -2.38. The molecule has 2 heterocycles. The number of alkyl halides is 2. The Morgan fingerprint density at radius 1 is 1.25 bits per heavy atom. The minimum Gasteiger partial charge on any atom is -0.481 e. The van der Waals surface area contributed by atoms with Crippen molar-refractivity contribution in [3.8, 4) is 0 Å². The smallest absolute Gasteiger partial charge is 0.309 e. The number of hydrogen-bond donors (Lipinski definition) is 1. The van der Waals surface area contributed by atoms with Crippen LogP contribution in [-0.4, -0.2) is 40.5 Å². The maximum absolute atomic E-state index is 12.7. The zero-order valence-corrected chi connectivity index (χ0v) is 13.3. The van der Waals surface area contributed by atoms with E-state index in [2.05, 4.69) is 16.0 Å². The third kappa shape index (κ3) is 3.53. The fraction of sp³-hybridized carbons (Fsp3) is 0.444. The number of piperidine rings is 1. The van der Waals surface area contributed by atoms with E-state index in [9.17, 15) is 18.7 Å². The molecule has 0 unspecified atom stereocenters. The molecule has 1 aromatic carbocycles. The van der Waals surface area contributed by atoms with E-state index in [0.717, 1.165) is 16.3 Å². The minimum atomic E-state index is -2.58. The quantitative estimate of drug-likeness (QED) is 0.908. The lowest BCUT2D eigenvalue weighted by atomic mass is 9.75. The highest BCUT2D eigenvalue weighted by Crippen LogP contribution is 2.38. The van der Waals surface area contributed by atoms with Crippen LogP contribution in [0, 0.1) is 5.41 Å². The third-order valence-corrected chi connectivity index (χ3v) is 4.92. The van der Waals surface area contributed by atoms with E-state index in [1.165, 1.54) is 0 Å². The summed E-state index contributed by atoms with van der Waals surface area (Å²) in [5.74, 6) is -1.10. The summed E-state index contributed by atoms with van der Waals surface area (Å²) in [5, 5.41) is 11.6. The summed E-state index contributed by atoms with van der Waals surface area (Å²) in [5.41, 5.74) is -0.162. The summed E-state index contributed by atoms with van der Waals surface area (Å²) in [6, 6.07) is 8.10. The van der Waals surface area contributed by atoms with Gasteiger partial charge in [-0.2, -0.15) is 0 Å². The maximum atomic E-state index is 12.7. The van der Waals surface area contributed by atoms with Crippen LogP contribution in [0.15, 0.2) is 36.7 Å². The van der Waals surface area contributed by atoms with Gasteiger partial charge in [0, 0.05) is 30.7 Å². The van der Waals surface area contributed by atoms with Gasteiger partial charge in [0.2, 0.25) is 6.43 Å². The van der Waals surface area contributed by atoms with Crippen molar-refractivity contribution in [2.75, 3.05) is 13.1 Å². The van der Waals surface area contributed by atoms with Gasteiger partial charge in [0.25, 0.3) is 0 Å². The van der Waals surface area contributed by atoms with E-state index in [1.54, 1.807) is 6.20 Å². The molecule has 6 heteroatoms. The van der Waals surface area contributed by atoms with Crippen molar-refractivity contribution in [1.82, 2.24) is 9.88 Å². The SMILES string of the molecule is O=C(O)C1(CC(F)F)CCN(Cc2ccc3ccncc3c2)CC1. The normalized spacial score (nSPS) is 18.1. The monoisotopic (exact) mass is 334 g/mol. The first-order valence-corrected chi connectivity index (χ1v) is 8.05. The summed E-state index contributed by atoms with van der Waals surface area (Å²) >= 11 is 0. The Labute approximate surface area is 139 Å². The summed E-state index contributed by atoms with van der Waals surface area (Å²) in [6.45, 7) is 1.73. The molecule has 24 heavy (non-hydrogen) atoms. The van der Waals surface area contributed by atoms with Crippen LogP contribution in [0.5, 0.6) is 0 Å². The molecule has 0 saturated carbocycles. The number of hydrogen-bond acceptors (Lipinski definition) is 3. The number of likely N-dealkylation sites (tertiary alicyclic amines) is 1. The van der Waals surface area contributed by atoms with Crippen molar-refractivity contribution < 1.29 is 18.7 Å². The van der Waals surface area contributed by atoms with E-state index >= 15 is 0 Å². The average Bonchev–Trinajstić information content (AvgIpc) is 2.56. The Balaban J connectivity index is 1.66. The molecule has 1 aliphatic rings. The molecule has 0 amide bonds. The number of carboxylic acids is 1. The van der Waals surface area contributed by atoms with Gasteiger partial charge in [-0.1, -0.05) is 12.1 Å². The van der Waals surface area contributed by atoms with E-state index in [0.29, 0.717) is 19.6 Å². The van der Waals surface area contributed by atoms with E-state index in [1.807, 2.05) is 24.4 Å². The zero-order valence-electron chi connectivity index (χ0n) is 13.3. The van der Waals surface area contributed by atoms with Crippen LogP contribution in [0.3, 0.4) is 0 Å². The molecule has 1 N–H and O–H groups in total. The Kier molecular flexibility index (Phi) is 4.76. The molecule has 1 aromatic heterocycles. The van der Waals surface area contributed by atoms with Crippen LogP contribution < -0.4 is 0 Å². The molecule has 1 aliphatic heterocycles. The Bertz CT molecular complexity index is 728. The minimum absolute atomic E-state index is 0.266. The second-order valence-electron chi connectivity index (χ2n) is 6.51. The molecule has 2 aromatic rings. The van der Waals surface area contributed by atoms with Crippen LogP contribution in [0.1, 0.15) is 24.8 Å². The molecular formula is C18H20F2N2O2. The van der Waals surface area contributed by atoms with Gasteiger partial charge in [0.15, 0.2) is 0 Å². The number of carboxylic acid groups (broad SMARTS) is 1. The van der Waals surface area contributed by atoms with Crippen molar-refractivity contribution in [2.24, 2.45) is 5.41 Å². The number of halogens is 2. The van der Waals surface area contributed by atoms with Crippen molar-refractivity contribution in [3.05, 3.63) is 42.2 Å². The van der Waals surface area contributed by atoms with Gasteiger partial charge in [-0.05, 0) is 49.0 Å². The number of rotatable bonds is 5. The Morgan fingerprint density at radius 2 is 2.00 bits per heavy atom. The van der Waals surface area contributed by atoms with Crippen LogP contribution in [0.2, 0.25) is 0 Å². The average molecular weight is 334 g/mol. The first kappa shape index (κ1) is 16.8. The maximum Gasteiger partial charge on any atom is 0.309 e. The van der Waals surface area contributed by atoms with Crippen molar-refractivity contribution in [2.45, 2.75) is 32.2 Å². The van der Waals surface area contributed by atoms with Gasteiger partial charge >= 0.3 is 5.97 Å². The van der Waals surface area contributed by atoms with Gasteiger partial charge in [-0.25, -0.2) is 8.78 Å². The number of pyridine rings is 1. The molecule has 128 valence electrons. The highest BCUT2D eigenvalue weighted by atomic mass is 19.3. The second kappa shape index (κ2) is 6.81. The Morgan fingerprint density at radius 3 is 2.67 bits per heavy atom. The molecule has 0 radical (unpaired) electrons. The van der Waals surface area contributed by atoms with Gasteiger partial charge in [0.05, 0.1) is 5.41 Å². The third-order valence-electron chi connectivity index (χ3n) is 4.92. The summed E-state index contributed by atoms with van der Waals surface area (Å²) in [4.78, 5) is 17.7. The van der Waals surface area contributed by atoms with Gasteiger partial charge in [-0.15, -0.1) is 0 Å². The molecule has 4 nitrogen and oxygen atoms in total. The predicted molar refractivity (Wildman–Crippen MR) is 86.9 cm³/mol. The Hall–Kier alpha value is -2.08. The molecule has 0 aliphatic carbocycles. The van der Waals surface area contributed by atoms with E-state index in [-0.39, 0.29) is 12.8 Å². The molecule has 3 rings (SSSR count). The molecule has 1 fully saturated rings. The van der Waals surface area contributed by atoms with Crippen LogP contribution in [-0.2, 0) is 11.3 Å². The fourth-order valence-electron chi connectivity index (χ4n) is 3.43. The second-order valence-corrected chi connectivity index (χ2v) is 6.51. The molecule has 0 spiro atoms. The standard InChI is InChI=1S/C18H20F2N2O2/c19-16(20)10-18(17(23)24)4-7-22(8-5-18)12-13-1-2-14-3-6-21-11-15(14)9-13/h1-3,6,9,11,16H,4-5,7-8,10,12H2,(H,23,24). The predicted octanol–water partition coefficient (Wildman–Crippen LogP) is 3.56. The van der Waals surface area contributed by atoms with Crippen LogP contribution >= 0.6 is 0 Å². The number of carbonyl (C=O) groups is 1. The number of aromatic nitrogens is 1. The van der Waals surface area contributed by atoms with E-state index < -0.39 is 24.2 Å². The van der Waals surface area contributed by atoms with Gasteiger partial charge < -0.3 is 5.11 Å². The van der Waals surface area contributed by atoms with Crippen molar-refractivity contribution >= 4 is 16.7 Å². The lowest BCUT2D eigenvalue weighted by molar-refractivity contribution is -0.155. The van der Waals surface area contributed by atoms with Crippen LogP contribution in [0.4, 0.5) is 8.78 Å². The zero-order chi connectivity index (χ0) is 17.2. The lowest BCUT2D eigenvalue weighted by Crippen LogP contribution is -2.45. The highest BCUT2D eigenvalue weighted by Gasteiger charge is 2.43. The van der Waals surface area contributed by atoms with Crippen molar-refractivity contribution in [1.29, 1.82) is 0 Å². The molecule has 1 saturated heterocycles. The van der Waals surface area contributed by atoms with E-state index in [4.69, 9.17) is 0 Å². The largest absolute Gasteiger partial charge is 0.481 e. The molecule has 0 bridgehead atoms. The summed E-state index contributed by atoms with van der Waals surface area (Å²) < 4.78 is 25.5. The van der Waals surface area contributed by atoms with Crippen LogP contribution in [0.25, 0.3) is 10.8 Å². The number of aliphatic carboxylic acids is 1. The van der Waals surface area contributed by atoms with Gasteiger partial charge in [0.1, 0.15) is 0 Å².